The lowest BCUT2D eigenvalue weighted by Gasteiger charge is -2.35. The Labute approximate surface area is 250 Å². The number of benzene rings is 2. The molecule has 6 rings (SSSR count). The van der Waals surface area contributed by atoms with Gasteiger partial charge in [0.15, 0.2) is 5.82 Å². The van der Waals surface area contributed by atoms with Gasteiger partial charge >= 0.3 is 0 Å². The molecule has 1 aliphatic heterocycles. The first-order valence-electron chi connectivity index (χ1n) is 15.0. The normalized spacial score (nSPS) is 19.3. The average Bonchev–Trinajstić information content (AvgIpc) is 3.45. The Bertz CT molecular complexity index is 1520. The summed E-state index contributed by atoms with van der Waals surface area (Å²) in [6, 6.07) is 17.6. The van der Waals surface area contributed by atoms with Gasteiger partial charge in [-0.1, -0.05) is 30.3 Å². The van der Waals surface area contributed by atoms with E-state index in [1.807, 2.05) is 18.2 Å². The molecule has 1 saturated heterocycles. The van der Waals surface area contributed by atoms with Crippen molar-refractivity contribution < 1.29 is 18.3 Å². The van der Waals surface area contributed by atoms with E-state index in [1.54, 1.807) is 31.4 Å². The number of imidazole rings is 1. The molecule has 9 nitrogen and oxygen atoms in total. The fraction of sp³-hybridized carbons (Fsp3) is 0.469. The molecule has 1 aliphatic carbocycles. The number of para-hydroxylation sites is 3. The fourth-order valence-corrected chi connectivity index (χ4v) is 6.26. The van der Waals surface area contributed by atoms with Gasteiger partial charge in [0, 0.05) is 43.9 Å². The highest BCUT2D eigenvalue weighted by Gasteiger charge is 2.26. The predicted octanol–water partition coefficient (Wildman–Crippen LogP) is 5.70. The van der Waals surface area contributed by atoms with E-state index in [1.165, 1.54) is 10.1 Å². The third kappa shape index (κ3) is 6.57. The number of methoxy groups -OCH3 is 1. The Morgan fingerprint density at radius 1 is 0.977 bits per heavy atom. The molecule has 228 valence electrons. The van der Waals surface area contributed by atoms with Gasteiger partial charge in [-0.2, -0.15) is 9.97 Å². The maximum atomic E-state index is 14.2. The number of hydrogen-bond acceptors (Lipinski definition) is 8. The molecule has 1 saturated carbocycles. The van der Waals surface area contributed by atoms with Crippen molar-refractivity contribution in [2.24, 2.45) is 5.92 Å². The van der Waals surface area contributed by atoms with E-state index in [0.717, 1.165) is 44.5 Å². The molecule has 0 atom stereocenters. The molecule has 2 fully saturated rings. The van der Waals surface area contributed by atoms with E-state index in [4.69, 9.17) is 19.4 Å². The molecule has 0 unspecified atom stereocenters. The first kappa shape index (κ1) is 29.3. The summed E-state index contributed by atoms with van der Waals surface area (Å²) in [5.74, 6) is 2.58. The summed E-state index contributed by atoms with van der Waals surface area (Å²) in [4.78, 5) is 18.3. The zero-order valence-corrected chi connectivity index (χ0v) is 24.8. The van der Waals surface area contributed by atoms with Crippen LogP contribution >= 0.6 is 0 Å². The Hall–Kier alpha value is -3.83. The summed E-state index contributed by atoms with van der Waals surface area (Å²) in [5.41, 5.74) is 2.29. The molecular weight excluding hydrogens is 552 g/mol. The third-order valence-corrected chi connectivity index (χ3v) is 8.65. The summed E-state index contributed by atoms with van der Waals surface area (Å²) in [6.07, 6.45) is 1.65. The molecule has 2 aromatic carbocycles. The molecule has 4 aromatic rings. The lowest BCUT2D eigenvalue weighted by Crippen LogP contribution is -2.37. The quantitative estimate of drug-likeness (QED) is 0.252. The first-order chi connectivity index (χ1) is 21.0. The van der Waals surface area contributed by atoms with Gasteiger partial charge < -0.3 is 19.7 Å². The second kappa shape index (κ2) is 13.2. The second-order valence-electron chi connectivity index (χ2n) is 11.4. The largest absolute Gasteiger partial charge is 0.496 e. The second-order valence-corrected chi connectivity index (χ2v) is 11.4. The maximum Gasteiger partial charge on any atom is 0.296 e. The van der Waals surface area contributed by atoms with E-state index >= 15 is 0 Å². The van der Waals surface area contributed by atoms with Crippen molar-refractivity contribution in [1.29, 1.82) is 0 Å². The van der Waals surface area contributed by atoms with Crippen LogP contribution in [0.1, 0.15) is 43.5 Å². The lowest BCUT2D eigenvalue weighted by molar-refractivity contribution is 0.122. The zero-order chi connectivity index (χ0) is 29.8. The van der Waals surface area contributed by atoms with Gasteiger partial charge in [-0.05, 0) is 56.8 Å². The van der Waals surface area contributed by atoms with Gasteiger partial charge in [0.25, 0.3) is 6.43 Å². The topological polar surface area (TPSA) is 80.6 Å². The van der Waals surface area contributed by atoms with Crippen LogP contribution in [0.3, 0.4) is 0 Å². The summed E-state index contributed by atoms with van der Waals surface area (Å²) in [6.45, 7) is 4.11. The number of fused-ring (bicyclic) bond motifs is 1. The van der Waals surface area contributed by atoms with E-state index < -0.39 is 6.43 Å². The highest BCUT2D eigenvalue weighted by molar-refractivity contribution is 5.78. The number of anilines is 2. The summed E-state index contributed by atoms with van der Waals surface area (Å²) in [7, 11) is 3.91. The third-order valence-electron chi connectivity index (χ3n) is 8.65. The Kier molecular flexibility index (Phi) is 8.99. The summed E-state index contributed by atoms with van der Waals surface area (Å²) >= 11 is 0. The SMILES string of the molecule is COc1ccccc1CN(C)[C@H]1CC[C@H](CNc2nc(N3CCOCC3)cc(-n3c(C(F)F)nc4ccccc43)n2)CC1. The van der Waals surface area contributed by atoms with E-state index in [9.17, 15) is 8.78 Å². The maximum absolute atomic E-state index is 14.2. The molecule has 0 amide bonds. The molecule has 2 aliphatic rings. The van der Waals surface area contributed by atoms with Crippen LogP contribution in [0.4, 0.5) is 20.5 Å². The number of rotatable bonds is 10. The van der Waals surface area contributed by atoms with Crippen molar-refractivity contribution in [3.8, 4) is 11.6 Å². The molecular formula is C32H39F2N7O2. The van der Waals surface area contributed by atoms with Gasteiger partial charge in [0.1, 0.15) is 17.4 Å². The average molecular weight is 592 g/mol. The zero-order valence-electron chi connectivity index (χ0n) is 24.8. The van der Waals surface area contributed by atoms with Crippen molar-refractivity contribution in [2.75, 3.05) is 57.2 Å². The van der Waals surface area contributed by atoms with Crippen LogP contribution in [0, 0.1) is 5.92 Å². The molecule has 0 bridgehead atoms. The minimum atomic E-state index is -2.75. The fourth-order valence-electron chi connectivity index (χ4n) is 6.26. The highest BCUT2D eigenvalue weighted by atomic mass is 19.3. The Morgan fingerprint density at radius 2 is 1.70 bits per heavy atom. The van der Waals surface area contributed by atoms with Gasteiger partial charge in [-0.15, -0.1) is 0 Å². The van der Waals surface area contributed by atoms with Crippen molar-refractivity contribution in [3.63, 3.8) is 0 Å². The van der Waals surface area contributed by atoms with Crippen molar-refractivity contribution in [2.45, 2.75) is 44.7 Å². The number of halogens is 2. The molecule has 3 heterocycles. The van der Waals surface area contributed by atoms with Crippen LogP contribution < -0.4 is 15.0 Å². The minimum absolute atomic E-state index is 0.325. The molecule has 11 heteroatoms. The Balaban J connectivity index is 1.17. The number of alkyl halides is 2. The number of morpholine rings is 1. The number of nitrogens with one attached hydrogen (secondary N) is 1. The summed E-state index contributed by atoms with van der Waals surface area (Å²) in [5, 5.41) is 3.46. The number of hydrogen-bond donors (Lipinski definition) is 1. The minimum Gasteiger partial charge on any atom is -0.496 e. The van der Waals surface area contributed by atoms with Crippen LogP contribution in [-0.4, -0.2) is 77.5 Å². The molecule has 0 radical (unpaired) electrons. The van der Waals surface area contributed by atoms with Crippen LogP contribution in [-0.2, 0) is 11.3 Å². The van der Waals surface area contributed by atoms with E-state index in [-0.39, 0.29) is 5.82 Å². The summed E-state index contributed by atoms with van der Waals surface area (Å²) < 4.78 is 40.9. The molecule has 43 heavy (non-hydrogen) atoms. The molecule has 1 N–H and O–H groups in total. The Morgan fingerprint density at radius 3 is 2.47 bits per heavy atom. The standard InChI is InChI=1S/C32H39F2N7O2/c1-39(21-23-7-3-6-10-27(23)42-2)24-13-11-22(12-14-24)20-35-32-37-28(40-15-17-43-18-16-40)19-29(38-32)41-26-9-5-4-8-25(26)36-31(41)30(33)34/h3-10,19,22,24,30H,11-18,20-21H2,1-2H3,(H,35,37,38)/t22-,24-. The first-order valence-corrected chi connectivity index (χ1v) is 15.0. The van der Waals surface area contributed by atoms with Gasteiger partial charge in [0.05, 0.1) is 31.4 Å². The van der Waals surface area contributed by atoms with Crippen molar-refractivity contribution >= 4 is 22.8 Å². The van der Waals surface area contributed by atoms with Crippen LogP contribution in [0.25, 0.3) is 16.9 Å². The van der Waals surface area contributed by atoms with Crippen molar-refractivity contribution in [1.82, 2.24) is 24.4 Å². The van der Waals surface area contributed by atoms with Crippen LogP contribution in [0.5, 0.6) is 5.75 Å². The van der Waals surface area contributed by atoms with Crippen LogP contribution in [0.15, 0.2) is 54.6 Å². The number of nitrogens with zero attached hydrogens (tertiary/aromatic N) is 6. The highest BCUT2D eigenvalue weighted by Crippen LogP contribution is 2.31. The molecule has 2 aromatic heterocycles. The van der Waals surface area contributed by atoms with Gasteiger partial charge in [-0.3, -0.25) is 9.47 Å². The van der Waals surface area contributed by atoms with Crippen LogP contribution in [0.2, 0.25) is 0 Å². The monoisotopic (exact) mass is 591 g/mol. The van der Waals surface area contributed by atoms with E-state index in [2.05, 4.69) is 39.3 Å². The molecule has 0 spiro atoms. The predicted molar refractivity (Wildman–Crippen MR) is 163 cm³/mol. The number of ether oxygens (including phenoxy) is 2. The smallest absolute Gasteiger partial charge is 0.296 e. The van der Waals surface area contributed by atoms with Gasteiger partial charge in [-0.25, -0.2) is 13.8 Å². The van der Waals surface area contributed by atoms with Crippen molar-refractivity contribution in [3.05, 3.63) is 66.0 Å². The van der Waals surface area contributed by atoms with Gasteiger partial charge in [0.2, 0.25) is 5.95 Å². The van der Waals surface area contributed by atoms with E-state index in [0.29, 0.717) is 66.9 Å². The lowest BCUT2D eigenvalue weighted by atomic mass is 9.85. The number of aromatic nitrogens is 4.